The van der Waals surface area contributed by atoms with Crippen molar-refractivity contribution in [3.05, 3.63) is 41.3 Å². The zero-order valence-electron chi connectivity index (χ0n) is 18.6. The van der Waals surface area contributed by atoms with E-state index in [2.05, 4.69) is 4.72 Å². The summed E-state index contributed by atoms with van der Waals surface area (Å²) < 4.78 is 76.7. The zero-order chi connectivity index (χ0) is 25.5. The van der Waals surface area contributed by atoms with Gasteiger partial charge in [-0.15, -0.1) is 0 Å². The number of nitrogens with one attached hydrogen (secondary N) is 1. The van der Waals surface area contributed by atoms with E-state index in [1.54, 1.807) is 12.1 Å². The summed E-state index contributed by atoms with van der Waals surface area (Å²) in [6.07, 6.45) is 1.25. The predicted molar refractivity (Wildman–Crippen MR) is 123 cm³/mol. The van der Waals surface area contributed by atoms with Crippen molar-refractivity contribution in [2.24, 2.45) is 0 Å². The van der Waals surface area contributed by atoms with Crippen LogP contribution in [0.5, 0.6) is 28.7 Å². The predicted octanol–water partition coefficient (Wildman–Crippen LogP) is 1.93. The number of rotatable bonds is 12. The van der Waals surface area contributed by atoms with Crippen LogP contribution in [0.1, 0.15) is 5.56 Å². The first-order chi connectivity index (χ1) is 15.9. The minimum absolute atomic E-state index is 0.0554. The molecule has 0 aliphatic heterocycles. The van der Waals surface area contributed by atoms with Crippen LogP contribution in [0.4, 0.5) is 5.69 Å². The highest BCUT2D eigenvalue weighted by atomic mass is 32.2. The van der Waals surface area contributed by atoms with Crippen LogP contribution in [-0.2, 0) is 24.9 Å². The lowest BCUT2D eigenvalue weighted by Gasteiger charge is -2.13. The molecule has 2 aromatic rings. The van der Waals surface area contributed by atoms with Gasteiger partial charge in [0.2, 0.25) is 0 Å². The summed E-state index contributed by atoms with van der Waals surface area (Å²) in [6, 6.07) is 6.69. The highest BCUT2D eigenvalue weighted by molar-refractivity contribution is 7.95. The van der Waals surface area contributed by atoms with E-state index in [1.165, 1.54) is 46.6 Å². The van der Waals surface area contributed by atoms with Crippen LogP contribution >= 0.6 is 0 Å². The van der Waals surface area contributed by atoms with Crippen molar-refractivity contribution in [3.8, 4) is 28.7 Å². The Kier molecular flexibility index (Phi) is 8.59. The first-order valence-corrected chi connectivity index (χ1v) is 12.4. The summed E-state index contributed by atoms with van der Waals surface area (Å²) in [5, 5.41) is 9.56. The molecule has 0 heterocycles. The van der Waals surface area contributed by atoms with Crippen molar-refractivity contribution < 1.29 is 49.9 Å². The number of benzene rings is 2. The number of hydrogen-bond donors (Lipinski definition) is 2. The van der Waals surface area contributed by atoms with E-state index in [0.717, 1.165) is 11.5 Å². The van der Waals surface area contributed by atoms with Gasteiger partial charge < -0.3 is 28.2 Å². The summed E-state index contributed by atoms with van der Waals surface area (Å²) in [7, 11) is -3.13. The van der Waals surface area contributed by atoms with Gasteiger partial charge in [-0.3, -0.25) is 9.52 Å². The van der Waals surface area contributed by atoms with Crippen LogP contribution < -0.4 is 27.9 Å². The zero-order valence-corrected chi connectivity index (χ0v) is 20.2. The molecule has 14 heteroatoms. The molecule has 12 nitrogen and oxygen atoms in total. The SMILES string of the molecule is COc1cc(OC)c(/C=C/S(=O)(=O)Nc2ccc(OC)c(OS(=O)(=O)CC(=O)O)c2)c(OC)c1. The lowest BCUT2D eigenvalue weighted by Crippen LogP contribution is -2.20. The Balaban J connectivity index is 2.35. The summed E-state index contributed by atoms with van der Waals surface area (Å²) in [6.45, 7) is 0. The minimum atomic E-state index is -4.50. The molecule has 2 aromatic carbocycles. The number of methoxy groups -OCH3 is 4. The highest BCUT2D eigenvalue weighted by Crippen LogP contribution is 2.35. The van der Waals surface area contributed by atoms with Crippen LogP contribution in [-0.4, -0.2) is 62.1 Å². The van der Waals surface area contributed by atoms with E-state index >= 15 is 0 Å². The molecule has 0 saturated heterocycles. The van der Waals surface area contributed by atoms with E-state index in [0.29, 0.717) is 22.8 Å². The van der Waals surface area contributed by atoms with Crippen molar-refractivity contribution in [3.63, 3.8) is 0 Å². The number of carboxylic acids is 1. The fourth-order valence-electron chi connectivity index (χ4n) is 2.68. The maximum absolute atomic E-state index is 12.6. The van der Waals surface area contributed by atoms with E-state index in [4.69, 9.17) is 28.2 Å². The van der Waals surface area contributed by atoms with Gasteiger partial charge in [0.05, 0.1) is 45.1 Å². The average molecular weight is 518 g/mol. The van der Waals surface area contributed by atoms with Crippen molar-refractivity contribution >= 4 is 37.9 Å². The molecular formula is C20H23NO11S2. The molecule has 0 unspecified atom stereocenters. The van der Waals surface area contributed by atoms with Crippen molar-refractivity contribution in [2.75, 3.05) is 38.9 Å². The molecule has 0 amide bonds. The van der Waals surface area contributed by atoms with Crippen LogP contribution in [0.2, 0.25) is 0 Å². The fraction of sp³-hybridized carbons (Fsp3) is 0.250. The first-order valence-electron chi connectivity index (χ1n) is 9.26. The molecule has 186 valence electrons. The second-order valence-corrected chi connectivity index (χ2v) is 9.58. The number of aliphatic carboxylic acids is 1. The van der Waals surface area contributed by atoms with E-state index in [9.17, 15) is 21.6 Å². The van der Waals surface area contributed by atoms with Gasteiger partial charge in [0.1, 0.15) is 17.2 Å². The number of anilines is 1. The minimum Gasteiger partial charge on any atom is -0.496 e. The van der Waals surface area contributed by atoms with Gasteiger partial charge in [0.25, 0.3) is 10.0 Å². The molecule has 0 fully saturated rings. The molecule has 0 saturated carbocycles. The van der Waals surface area contributed by atoms with Crippen molar-refractivity contribution in [2.45, 2.75) is 0 Å². The van der Waals surface area contributed by atoms with Crippen LogP contribution in [0, 0.1) is 0 Å². The van der Waals surface area contributed by atoms with Gasteiger partial charge in [-0.1, -0.05) is 0 Å². The molecule has 0 radical (unpaired) electrons. The lowest BCUT2D eigenvalue weighted by atomic mass is 10.1. The molecule has 0 bridgehead atoms. The van der Waals surface area contributed by atoms with Gasteiger partial charge in [0.15, 0.2) is 17.3 Å². The first kappa shape index (κ1) is 26.6. The Labute approximate surface area is 196 Å². The summed E-state index contributed by atoms with van der Waals surface area (Å²) >= 11 is 0. The van der Waals surface area contributed by atoms with Crippen molar-refractivity contribution in [1.82, 2.24) is 0 Å². The molecule has 0 atom stereocenters. The monoisotopic (exact) mass is 517 g/mol. The highest BCUT2D eigenvalue weighted by Gasteiger charge is 2.21. The molecule has 0 aromatic heterocycles. The number of hydrogen-bond acceptors (Lipinski definition) is 10. The normalized spacial score (nSPS) is 11.6. The van der Waals surface area contributed by atoms with Crippen molar-refractivity contribution in [1.29, 1.82) is 0 Å². The topological polar surface area (TPSA) is 164 Å². The van der Waals surface area contributed by atoms with Crippen LogP contribution in [0.15, 0.2) is 35.7 Å². The second-order valence-electron chi connectivity index (χ2n) is 6.44. The third-order valence-electron chi connectivity index (χ3n) is 4.11. The molecular weight excluding hydrogens is 494 g/mol. The number of carbonyl (C=O) groups is 1. The fourth-order valence-corrected chi connectivity index (χ4v) is 4.28. The number of carboxylic acid groups (broad SMARTS) is 1. The Morgan fingerprint density at radius 1 is 0.882 bits per heavy atom. The number of sulfonamides is 1. The standard InChI is InChI=1S/C20H23NO11S2/c1-28-14-10-17(30-3)15(18(11-14)31-4)7-8-33(24,25)21-13-5-6-16(29-2)19(9-13)32-34(26,27)12-20(22)23/h5-11,21H,12H2,1-4H3,(H,22,23)/b8-7+. The Bertz CT molecular complexity index is 1260. The summed E-state index contributed by atoms with van der Waals surface area (Å²) in [4.78, 5) is 10.7. The summed E-state index contributed by atoms with van der Waals surface area (Å²) in [5.74, 6) is -2.33. The van der Waals surface area contributed by atoms with Gasteiger partial charge in [0, 0.05) is 18.2 Å². The van der Waals surface area contributed by atoms with E-state index < -0.39 is 37.6 Å². The van der Waals surface area contributed by atoms with Gasteiger partial charge in [-0.2, -0.15) is 8.42 Å². The third kappa shape index (κ3) is 7.18. The van der Waals surface area contributed by atoms with Gasteiger partial charge in [-0.25, -0.2) is 8.42 Å². The molecule has 2 rings (SSSR count). The smallest absolute Gasteiger partial charge is 0.322 e. The maximum atomic E-state index is 12.6. The van der Waals surface area contributed by atoms with Crippen LogP contribution in [0.25, 0.3) is 6.08 Å². The maximum Gasteiger partial charge on any atom is 0.322 e. The summed E-state index contributed by atoms with van der Waals surface area (Å²) in [5.41, 5.74) is 0.259. The van der Waals surface area contributed by atoms with E-state index in [-0.39, 0.29) is 11.4 Å². The lowest BCUT2D eigenvalue weighted by molar-refractivity contribution is -0.134. The molecule has 2 N–H and O–H groups in total. The average Bonchev–Trinajstić information content (AvgIpc) is 2.75. The van der Waals surface area contributed by atoms with Gasteiger partial charge >= 0.3 is 16.1 Å². The van der Waals surface area contributed by atoms with Crippen LogP contribution in [0.3, 0.4) is 0 Å². The number of ether oxygens (including phenoxy) is 4. The van der Waals surface area contributed by atoms with E-state index in [1.807, 2.05) is 0 Å². The largest absolute Gasteiger partial charge is 0.496 e. The molecule has 0 aliphatic carbocycles. The molecule has 0 aliphatic rings. The second kappa shape index (κ2) is 11.0. The quantitative estimate of drug-likeness (QED) is 0.395. The van der Waals surface area contributed by atoms with Gasteiger partial charge in [-0.05, 0) is 18.2 Å². The molecule has 34 heavy (non-hydrogen) atoms. The molecule has 0 spiro atoms. The Morgan fingerprint density at radius 2 is 1.47 bits per heavy atom. The Morgan fingerprint density at radius 3 is 1.97 bits per heavy atom. The Hall–Kier alpha value is -3.65. The third-order valence-corrected chi connectivity index (χ3v) is 6.16.